The lowest BCUT2D eigenvalue weighted by molar-refractivity contribution is 0.0916. The van der Waals surface area contributed by atoms with Crippen LogP contribution in [0.2, 0.25) is 0 Å². The van der Waals surface area contributed by atoms with E-state index in [0.29, 0.717) is 11.5 Å². The van der Waals surface area contributed by atoms with Crippen LogP contribution in [0, 0.1) is 12.8 Å². The minimum Gasteiger partial charge on any atom is -0.448 e. The highest BCUT2D eigenvalue weighted by atomic mass is 16.3. The van der Waals surface area contributed by atoms with Crippen LogP contribution in [0.25, 0.3) is 0 Å². The number of aryl methyl sites for hydroxylation is 2. The molecule has 2 heterocycles. The summed E-state index contributed by atoms with van der Waals surface area (Å²) >= 11 is 0. The van der Waals surface area contributed by atoms with Crippen LogP contribution >= 0.6 is 0 Å². The van der Waals surface area contributed by atoms with E-state index in [0.717, 1.165) is 5.82 Å². The Balaban J connectivity index is 2.21. The first-order chi connectivity index (χ1) is 9.00. The quantitative estimate of drug-likeness (QED) is 0.912. The summed E-state index contributed by atoms with van der Waals surface area (Å²) in [7, 11) is 1.91. The molecule has 2 rings (SSSR count). The lowest BCUT2D eigenvalue weighted by Gasteiger charge is -2.21. The van der Waals surface area contributed by atoms with E-state index in [-0.39, 0.29) is 17.9 Å². The van der Waals surface area contributed by atoms with E-state index in [9.17, 15) is 4.79 Å². The summed E-state index contributed by atoms with van der Waals surface area (Å²) < 4.78 is 6.95. The third-order valence-corrected chi connectivity index (χ3v) is 3.05. The van der Waals surface area contributed by atoms with Crippen LogP contribution in [-0.4, -0.2) is 20.4 Å². The van der Waals surface area contributed by atoms with Crippen molar-refractivity contribution in [3.05, 3.63) is 36.1 Å². The molecule has 2 aromatic rings. The molecule has 0 saturated carbocycles. The second-order valence-corrected chi connectivity index (χ2v) is 4.85. The largest absolute Gasteiger partial charge is 0.448 e. The predicted octanol–water partition coefficient (Wildman–Crippen LogP) is 1.84. The molecular formula is C13H18N4O2. The van der Waals surface area contributed by atoms with Crippen molar-refractivity contribution in [3.63, 3.8) is 0 Å². The van der Waals surface area contributed by atoms with E-state index in [4.69, 9.17) is 4.42 Å². The molecule has 0 spiro atoms. The van der Waals surface area contributed by atoms with Crippen molar-refractivity contribution in [2.24, 2.45) is 13.0 Å². The molecule has 0 unspecified atom stereocenters. The first-order valence-electron chi connectivity index (χ1n) is 6.19. The molecule has 1 N–H and O–H groups in total. The first kappa shape index (κ1) is 13.3. The summed E-state index contributed by atoms with van der Waals surface area (Å²) in [6, 6.07) is -0.163. The summed E-state index contributed by atoms with van der Waals surface area (Å²) in [6.45, 7) is 5.79. The Kier molecular flexibility index (Phi) is 3.69. The molecule has 0 fully saturated rings. The second kappa shape index (κ2) is 5.26. The summed E-state index contributed by atoms with van der Waals surface area (Å²) in [6.07, 6.45) is 4.85. The lowest BCUT2D eigenvalue weighted by atomic mass is 10.0. The van der Waals surface area contributed by atoms with Gasteiger partial charge < -0.3 is 14.3 Å². The van der Waals surface area contributed by atoms with Crippen LogP contribution in [0.4, 0.5) is 0 Å². The van der Waals surface area contributed by atoms with Crippen molar-refractivity contribution in [2.75, 3.05) is 0 Å². The Labute approximate surface area is 111 Å². The highest BCUT2D eigenvalue weighted by Crippen LogP contribution is 2.20. The molecule has 0 saturated heterocycles. The monoisotopic (exact) mass is 262 g/mol. The molecule has 102 valence electrons. The van der Waals surface area contributed by atoms with Crippen LogP contribution < -0.4 is 5.32 Å². The SMILES string of the molecule is Cc1ocnc1C(=O)N[C@H](c1nccn1C)C(C)C. The topological polar surface area (TPSA) is 73.0 Å². The molecule has 19 heavy (non-hydrogen) atoms. The number of nitrogens with one attached hydrogen (secondary N) is 1. The molecule has 0 aliphatic rings. The maximum absolute atomic E-state index is 12.2. The molecule has 1 atom stereocenters. The minimum atomic E-state index is -0.243. The number of amides is 1. The van der Waals surface area contributed by atoms with Crippen molar-refractivity contribution in [1.82, 2.24) is 19.9 Å². The van der Waals surface area contributed by atoms with Crippen molar-refractivity contribution < 1.29 is 9.21 Å². The van der Waals surface area contributed by atoms with Crippen molar-refractivity contribution in [3.8, 4) is 0 Å². The van der Waals surface area contributed by atoms with Crippen molar-refractivity contribution >= 4 is 5.91 Å². The van der Waals surface area contributed by atoms with E-state index in [1.54, 1.807) is 13.1 Å². The van der Waals surface area contributed by atoms with Gasteiger partial charge in [-0.1, -0.05) is 13.8 Å². The molecule has 2 aromatic heterocycles. The lowest BCUT2D eigenvalue weighted by Crippen LogP contribution is -2.34. The van der Waals surface area contributed by atoms with Crippen LogP contribution in [0.3, 0.4) is 0 Å². The summed E-state index contributed by atoms with van der Waals surface area (Å²) in [5, 5.41) is 2.96. The molecule has 6 nitrogen and oxygen atoms in total. The van der Waals surface area contributed by atoms with Crippen LogP contribution in [0.1, 0.15) is 42.0 Å². The average molecular weight is 262 g/mol. The summed E-state index contributed by atoms with van der Waals surface area (Å²) in [5.74, 6) is 1.31. The Morgan fingerprint density at radius 3 is 2.63 bits per heavy atom. The van der Waals surface area contributed by atoms with E-state index in [1.807, 2.05) is 31.7 Å². The number of nitrogens with zero attached hydrogens (tertiary/aromatic N) is 3. The number of rotatable bonds is 4. The Hall–Kier alpha value is -2.11. The standard InChI is InChI=1S/C13H18N4O2/c1-8(2)10(12-14-5-6-17(12)4)16-13(18)11-9(3)19-7-15-11/h5-8,10H,1-4H3,(H,16,18)/t10-/m0/s1. The molecule has 0 aliphatic heterocycles. The van der Waals surface area contributed by atoms with Crippen molar-refractivity contribution in [2.45, 2.75) is 26.8 Å². The van der Waals surface area contributed by atoms with Gasteiger partial charge in [-0.25, -0.2) is 9.97 Å². The fraction of sp³-hybridized carbons (Fsp3) is 0.462. The first-order valence-corrected chi connectivity index (χ1v) is 6.19. The Morgan fingerprint density at radius 2 is 2.16 bits per heavy atom. The highest BCUT2D eigenvalue weighted by Gasteiger charge is 2.24. The van der Waals surface area contributed by atoms with Gasteiger partial charge in [-0.2, -0.15) is 0 Å². The van der Waals surface area contributed by atoms with Gasteiger partial charge in [0.1, 0.15) is 11.6 Å². The van der Waals surface area contributed by atoms with Gasteiger partial charge >= 0.3 is 0 Å². The summed E-state index contributed by atoms with van der Waals surface area (Å²) in [4.78, 5) is 20.4. The minimum absolute atomic E-state index is 0.163. The third kappa shape index (κ3) is 2.67. The van der Waals surface area contributed by atoms with Gasteiger partial charge in [0.2, 0.25) is 0 Å². The third-order valence-electron chi connectivity index (χ3n) is 3.05. The number of hydrogen-bond acceptors (Lipinski definition) is 4. The molecule has 0 bridgehead atoms. The number of carbonyl (C=O) groups excluding carboxylic acids is 1. The maximum atomic E-state index is 12.2. The van der Waals surface area contributed by atoms with E-state index < -0.39 is 0 Å². The van der Waals surface area contributed by atoms with Gasteiger partial charge in [0.05, 0.1) is 6.04 Å². The highest BCUT2D eigenvalue weighted by molar-refractivity contribution is 5.93. The number of carbonyl (C=O) groups is 1. The Bertz CT molecular complexity index is 571. The van der Waals surface area contributed by atoms with Crippen LogP contribution in [-0.2, 0) is 7.05 Å². The van der Waals surface area contributed by atoms with Gasteiger partial charge in [0.15, 0.2) is 12.1 Å². The summed E-state index contributed by atoms with van der Waals surface area (Å²) in [5.41, 5.74) is 0.319. The molecule has 1 amide bonds. The van der Waals surface area contributed by atoms with Gasteiger partial charge in [-0.05, 0) is 12.8 Å². The van der Waals surface area contributed by atoms with E-state index in [2.05, 4.69) is 15.3 Å². The molecule has 6 heteroatoms. The fourth-order valence-corrected chi connectivity index (χ4v) is 1.94. The van der Waals surface area contributed by atoms with Gasteiger partial charge in [0.25, 0.3) is 5.91 Å². The van der Waals surface area contributed by atoms with Gasteiger partial charge in [-0.15, -0.1) is 0 Å². The fourth-order valence-electron chi connectivity index (χ4n) is 1.94. The second-order valence-electron chi connectivity index (χ2n) is 4.85. The number of hydrogen-bond donors (Lipinski definition) is 1. The average Bonchev–Trinajstić information content (AvgIpc) is 2.94. The zero-order chi connectivity index (χ0) is 14.0. The normalized spacial score (nSPS) is 12.7. The van der Waals surface area contributed by atoms with Crippen LogP contribution in [0.5, 0.6) is 0 Å². The molecule has 0 aliphatic carbocycles. The van der Waals surface area contributed by atoms with Crippen LogP contribution in [0.15, 0.2) is 23.2 Å². The van der Waals surface area contributed by atoms with E-state index >= 15 is 0 Å². The van der Waals surface area contributed by atoms with Gasteiger partial charge in [0, 0.05) is 19.4 Å². The zero-order valence-corrected chi connectivity index (χ0v) is 11.5. The number of aromatic nitrogens is 3. The Morgan fingerprint density at radius 1 is 1.42 bits per heavy atom. The molecule has 0 radical (unpaired) electrons. The van der Waals surface area contributed by atoms with Gasteiger partial charge in [-0.3, -0.25) is 4.79 Å². The molecule has 0 aromatic carbocycles. The smallest absolute Gasteiger partial charge is 0.274 e. The zero-order valence-electron chi connectivity index (χ0n) is 11.5. The maximum Gasteiger partial charge on any atom is 0.274 e. The number of oxazole rings is 1. The molecular weight excluding hydrogens is 244 g/mol. The number of imidazole rings is 1. The predicted molar refractivity (Wildman–Crippen MR) is 69.5 cm³/mol. The van der Waals surface area contributed by atoms with Crippen molar-refractivity contribution in [1.29, 1.82) is 0 Å². The van der Waals surface area contributed by atoms with E-state index in [1.165, 1.54) is 6.39 Å².